The van der Waals surface area contributed by atoms with Gasteiger partial charge in [0.15, 0.2) is 0 Å². The number of nitrogens with one attached hydrogen (secondary N) is 1. The van der Waals surface area contributed by atoms with E-state index in [4.69, 9.17) is 0 Å². The molecule has 1 aliphatic carbocycles. The van der Waals surface area contributed by atoms with Crippen LogP contribution in [0.1, 0.15) is 30.4 Å². The van der Waals surface area contributed by atoms with Crippen molar-refractivity contribution in [3.63, 3.8) is 0 Å². The first-order chi connectivity index (χ1) is 7.99. The molecule has 2 rings (SSSR count). The van der Waals surface area contributed by atoms with Crippen molar-refractivity contribution in [2.24, 2.45) is 5.92 Å². The molecule has 0 heterocycles. The summed E-state index contributed by atoms with van der Waals surface area (Å²) in [6.07, 6.45) is 3.53. The lowest BCUT2D eigenvalue weighted by molar-refractivity contribution is 0.316. The summed E-state index contributed by atoms with van der Waals surface area (Å²) in [5, 5.41) is 0. The van der Waals surface area contributed by atoms with E-state index in [9.17, 15) is 8.42 Å². The van der Waals surface area contributed by atoms with Gasteiger partial charge < -0.3 is 0 Å². The van der Waals surface area contributed by atoms with Gasteiger partial charge in [-0.05, 0) is 55.9 Å². The van der Waals surface area contributed by atoms with Crippen LogP contribution in [-0.4, -0.2) is 15.0 Å². The highest BCUT2D eigenvalue weighted by Gasteiger charge is 2.21. The Bertz CT molecular complexity index is 504. The third-order valence-electron chi connectivity index (χ3n) is 3.58. The second kappa shape index (κ2) is 4.78. The van der Waals surface area contributed by atoms with Crippen molar-refractivity contribution >= 4 is 10.0 Å². The fourth-order valence-electron chi connectivity index (χ4n) is 1.89. The maximum atomic E-state index is 12.0. The number of hydrogen-bond acceptors (Lipinski definition) is 2. The van der Waals surface area contributed by atoms with Crippen molar-refractivity contribution in [3.8, 4) is 0 Å². The lowest BCUT2D eigenvalue weighted by Gasteiger charge is -2.25. The Morgan fingerprint density at radius 1 is 1.24 bits per heavy atom. The zero-order chi connectivity index (χ0) is 12.5. The molecule has 1 aromatic carbocycles. The summed E-state index contributed by atoms with van der Waals surface area (Å²) in [5.41, 5.74) is 2.12. The summed E-state index contributed by atoms with van der Waals surface area (Å²) in [7, 11) is -3.32. The number of hydrogen-bond donors (Lipinski definition) is 1. The zero-order valence-corrected chi connectivity index (χ0v) is 11.2. The smallest absolute Gasteiger partial charge is 0.211 e. The van der Waals surface area contributed by atoms with E-state index in [0.29, 0.717) is 17.4 Å². The molecule has 17 heavy (non-hydrogen) atoms. The molecule has 0 atom stereocenters. The van der Waals surface area contributed by atoms with E-state index in [-0.39, 0.29) is 0 Å². The van der Waals surface area contributed by atoms with Crippen molar-refractivity contribution in [1.29, 1.82) is 0 Å². The number of rotatable bonds is 4. The third kappa shape index (κ3) is 2.87. The highest BCUT2D eigenvalue weighted by molar-refractivity contribution is 7.89. The monoisotopic (exact) mass is 253 g/mol. The molecule has 1 aliphatic rings. The molecular weight excluding hydrogens is 234 g/mol. The van der Waals surface area contributed by atoms with Gasteiger partial charge in [0.05, 0.1) is 4.90 Å². The Hall–Kier alpha value is -0.870. The molecule has 0 aliphatic heterocycles. The van der Waals surface area contributed by atoms with Gasteiger partial charge in [-0.25, -0.2) is 13.1 Å². The van der Waals surface area contributed by atoms with Crippen molar-refractivity contribution in [2.45, 2.75) is 38.0 Å². The number of sulfonamides is 1. The molecular formula is C13H19NO2S. The van der Waals surface area contributed by atoms with E-state index in [1.807, 2.05) is 19.9 Å². The van der Waals surface area contributed by atoms with E-state index in [1.165, 1.54) is 6.42 Å². The predicted molar refractivity (Wildman–Crippen MR) is 68.4 cm³/mol. The van der Waals surface area contributed by atoms with Gasteiger partial charge in [-0.2, -0.15) is 0 Å². The minimum atomic E-state index is -3.32. The molecule has 3 nitrogen and oxygen atoms in total. The third-order valence-corrected chi connectivity index (χ3v) is 5.00. The van der Waals surface area contributed by atoms with Crippen LogP contribution in [0.5, 0.6) is 0 Å². The van der Waals surface area contributed by atoms with Crippen molar-refractivity contribution in [1.82, 2.24) is 4.72 Å². The van der Waals surface area contributed by atoms with Crippen LogP contribution >= 0.6 is 0 Å². The maximum absolute atomic E-state index is 12.0. The van der Waals surface area contributed by atoms with Gasteiger partial charge in [0.2, 0.25) is 10.0 Å². The van der Waals surface area contributed by atoms with E-state index >= 15 is 0 Å². The van der Waals surface area contributed by atoms with Gasteiger partial charge in [0.25, 0.3) is 0 Å². The van der Waals surface area contributed by atoms with Gasteiger partial charge in [-0.3, -0.25) is 0 Å². The largest absolute Gasteiger partial charge is 0.240 e. The molecule has 1 aromatic rings. The van der Waals surface area contributed by atoms with Crippen molar-refractivity contribution in [3.05, 3.63) is 29.3 Å². The molecule has 4 heteroatoms. The predicted octanol–water partition coefficient (Wildman–Crippen LogP) is 2.38. The van der Waals surface area contributed by atoms with Crippen LogP contribution in [0.15, 0.2) is 23.1 Å². The van der Waals surface area contributed by atoms with Crippen LogP contribution in [0, 0.1) is 19.8 Å². The summed E-state index contributed by atoms with van der Waals surface area (Å²) in [5.74, 6) is 0.538. The molecule has 1 saturated carbocycles. The molecule has 0 aromatic heterocycles. The van der Waals surface area contributed by atoms with Crippen LogP contribution in [0.2, 0.25) is 0 Å². The van der Waals surface area contributed by atoms with Crippen LogP contribution in [0.25, 0.3) is 0 Å². The van der Waals surface area contributed by atoms with Crippen LogP contribution < -0.4 is 4.72 Å². The van der Waals surface area contributed by atoms with Gasteiger partial charge >= 0.3 is 0 Å². The normalized spacial score (nSPS) is 16.8. The van der Waals surface area contributed by atoms with Crippen molar-refractivity contribution in [2.75, 3.05) is 6.54 Å². The van der Waals surface area contributed by atoms with Crippen LogP contribution in [0.4, 0.5) is 0 Å². The summed E-state index contributed by atoms with van der Waals surface area (Å²) in [6, 6.07) is 5.26. The lowest BCUT2D eigenvalue weighted by atomic mass is 9.86. The highest BCUT2D eigenvalue weighted by Crippen LogP contribution is 2.25. The molecule has 1 N–H and O–H groups in total. The Morgan fingerprint density at radius 2 is 1.94 bits per heavy atom. The average Bonchev–Trinajstić information content (AvgIpc) is 2.19. The quantitative estimate of drug-likeness (QED) is 0.895. The first-order valence-corrected chi connectivity index (χ1v) is 7.54. The molecule has 1 fully saturated rings. The van der Waals surface area contributed by atoms with E-state index in [2.05, 4.69) is 4.72 Å². The maximum Gasteiger partial charge on any atom is 0.240 e. The second-order valence-corrected chi connectivity index (χ2v) is 6.66. The average molecular weight is 253 g/mol. The summed E-state index contributed by atoms with van der Waals surface area (Å²) < 4.78 is 26.8. The first-order valence-electron chi connectivity index (χ1n) is 6.06. The van der Waals surface area contributed by atoms with Gasteiger partial charge in [-0.15, -0.1) is 0 Å². The summed E-state index contributed by atoms with van der Waals surface area (Å²) in [6.45, 7) is 4.49. The molecule has 0 saturated heterocycles. The fourth-order valence-corrected chi connectivity index (χ4v) is 3.09. The Balaban J connectivity index is 2.10. The molecule has 0 unspecified atom stereocenters. The van der Waals surface area contributed by atoms with Crippen LogP contribution in [-0.2, 0) is 10.0 Å². The zero-order valence-electron chi connectivity index (χ0n) is 10.4. The number of aryl methyl sites for hydroxylation is 2. The Kier molecular flexibility index (Phi) is 3.54. The topological polar surface area (TPSA) is 46.2 Å². The Morgan fingerprint density at radius 3 is 2.47 bits per heavy atom. The standard InChI is InChI=1S/C13H19NO2S/c1-10-6-7-13(8-11(10)2)17(15,16)14-9-12-4-3-5-12/h6-8,12,14H,3-5,9H2,1-2H3. The molecule has 0 radical (unpaired) electrons. The highest BCUT2D eigenvalue weighted by atomic mass is 32.2. The Labute approximate surface area is 103 Å². The minimum absolute atomic E-state index is 0.375. The minimum Gasteiger partial charge on any atom is -0.211 e. The van der Waals surface area contributed by atoms with Gasteiger partial charge in [0.1, 0.15) is 0 Å². The lowest BCUT2D eigenvalue weighted by Crippen LogP contribution is -2.32. The second-order valence-electron chi connectivity index (χ2n) is 4.89. The molecule has 0 spiro atoms. The van der Waals surface area contributed by atoms with Gasteiger partial charge in [-0.1, -0.05) is 12.5 Å². The number of benzene rings is 1. The SMILES string of the molecule is Cc1ccc(S(=O)(=O)NCC2CCC2)cc1C. The van der Waals surface area contributed by atoms with E-state index < -0.39 is 10.0 Å². The van der Waals surface area contributed by atoms with Crippen LogP contribution in [0.3, 0.4) is 0 Å². The van der Waals surface area contributed by atoms with E-state index in [0.717, 1.165) is 24.0 Å². The molecule has 0 amide bonds. The summed E-state index contributed by atoms with van der Waals surface area (Å²) in [4.78, 5) is 0.375. The fraction of sp³-hybridized carbons (Fsp3) is 0.538. The van der Waals surface area contributed by atoms with E-state index in [1.54, 1.807) is 12.1 Å². The molecule has 94 valence electrons. The summed E-state index contributed by atoms with van der Waals surface area (Å²) >= 11 is 0. The van der Waals surface area contributed by atoms with Gasteiger partial charge in [0, 0.05) is 6.54 Å². The van der Waals surface area contributed by atoms with Crippen molar-refractivity contribution < 1.29 is 8.42 Å². The first kappa shape index (κ1) is 12.6. The molecule has 0 bridgehead atoms.